The summed E-state index contributed by atoms with van der Waals surface area (Å²) < 4.78 is 12.3. The topological polar surface area (TPSA) is 89.0 Å². The van der Waals surface area contributed by atoms with Gasteiger partial charge in [-0.05, 0) is 103 Å². The summed E-state index contributed by atoms with van der Waals surface area (Å²) in [7, 11) is 0. The van der Waals surface area contributed by atoms with Crippen LogP contribution >= 0.6 is 34.2 Å². The van der Waals surface area contributed by atoms with Crippen molar-refractivity contribution in [2.24, 2.45) is 5.10 Å². The molecule has 0 saturated heterocycles. The van der Waals surface area contributed by atoms with Crippen molar-refractivity contribution < 1.29 is 19.1 Å². The number of hydrogen-bond donors (Lipinski definition) is 2. The van der Waals surface area contributed by atoms with Gasteiger partial charge >= 0.3 is 0 Å². The molecule has 0 aliphatic carbocycles. The summed E-state index contributed by atoms with van der Waals surface area (Å²) in [6.45, 7) is 6.05. The number of carbonyl (C=O) groups is 2. The molecule has 0 spiro atoms. The third-order valence-electron chi connectivity index (χ3n) is 5.04. The number of carbonyl (C=O) groups excluding carboxylic acids is 2. The number of halogens is 2. The minimum atomic E-state index is -0.354. The van der Waals surface area contributed by atoms with E-state index >= 15 is 0 Å². The average molecular weight is 606 g/mol. The fraction of sp³-hybridized carbons (Fsp3) is 0.192. The van der Waals surface area contributed by atoms with E-state index in [0.717, 1.165) is 20.4 Å². The van der Waals surface area contributed by atoms with Crippen molar-refractivity contribution in [2.75, 3.05) is 18.5 Å². The molecule has 0 aliphatic heterocycles. The van der Waals surface area contributed by atoms with E-state index in [1.165, 1.54) is 6.21 Å². The van der Waals surface area contributed by atoms with Crippen molar-refractivity contribution in [1.82, 2.24) is 5.43 Å². The summed E-state index contributed by atoms with van der Waals surface area (Å²) in [5.74, 6) is 0.315. The number of nitrogens with one attached hydrogen (secondary N) is 2. The lowest BCUT2D eigenvalue weighted by Gasteiger charge is -2.15. The first kappa shape index (κ1) is 26.5. The van der Waals surface area contributed by atoms with Gasteiger partial charge < -0.3 is 14.8 Å². The zero-order valence-electron chi connectivity index (χ0n) is 19.5. The Balaban J connectivity index is 1.67. The number of anilines is 1. The molecule has 3 aromatic carbocycles. The van der Waals surface area contributed by atoms with Crippen LogP contribution in [0.4, 0.5) is 5.69 Å². The molecule has 0 atom stereocenters. The van der Waals surface area contributed by atoms with Crippen LogP contribution in [0.15, 0.2) is 59.7 Å². The summed E-state index contributed by atoms with van der Waals surface area (Å²) in [6, 6.07) is 15.8. The summed E-state index contributed by atoms with van der Waals surface area (Å²) in [4.78, 5) is 24.7. The number of aryl methyl sites for hydroxylation is 1. The fourth-order valence-electron chi connectivity index (χ4n) is 3.11. The van der Waals surface area contributed by atoms with Crippen molar-refractivity contribution >= 4 is 57.9 Å². The molecule has 182 valence electrons. The molecule has 0 bridgehead atoms. The highest BCUT2D eigenvalue weighted by Crippen LogP contribution is 2.34. The van der Waals surface area contributed by atoms with Gasteiger partial charge in [0, 0.05) is 16.3 Å². The Labute approximate surface area is 223 Å². The van der Waals surface area contributed by atoms with E-state index in [1.54, 1.807) is 30.3 Å². The Morgan fingerprint density at radius 2 is 1.83 bits per heavy atom. The van der Waals surface area contributed by atoms with Crippen LogP contribution in [0, 0.1) is 17.4 Å². The van der Waals surface area contributed by atoms with E-state index < -0.39 is 0 Å². The SMILES string of the molecule is CCOc1cc(/C=N/NC(=O)c2ccc(Cl)cc2)cc(I)c1OCC(=O)Nc1cccc(C)c1C. The van der Waals surface area contributed by atoms with Crippen LogP contribution in [-0.4, -0.2) is 31.2 Å². The van der Waals surface area contributed by atoms with Crippen LogP contribution in [-0.2, 0) is 4.79 Å². The van der Waals surface area contributed by atoms with Crippen molar-refractivity contribution in [3.63, 3.8) is 0 Å². The number of benzene rings is 3. The van der Waals surface area contributed by atoms with Crippen LogP contribution < -0.4 is 20.2 Å². The number of rotatable bonds is 9. The molecule has 35 heavy (non-hydrogen) atoms. The smallest absolute Gasteiger partial charge is 0.271 e. The zero-order chi connectivity index (χ0) is 25.4. The van der Waals surface area contributed by atoms with E-state index in [1.807, 2.05) is 45.0 Å². The second-order valence-corrected chi connectivity index (χ2v) is 9.15. The lowest BCUT2D eigenvalue weighted by molar-refractivity contribution is -0.118. The molecule has 0 saturated carbocycles. The molecule has 0 radical (unpaired) electrons. The van der Waals surface area contributed by atoms with Crippen molar-refractivity contribution in [3.05, 3.63) is 85.4 Å². The van der Waals surface area contributed by atoms with Crippen LogP contribution in [0.3, 0.4) is 0 Å². The van der Waals surface area contributed by atoms with Gasteiger partial charge in [-0.3, -0.25) is 9.59 Å². The lowest BCUT2D eigenvalue weighted by Crippen LogP contribution is -2.21. The maximum absolute atomic E-state index is 12.5. The summed E-state index contributed by atoms with van der Waals surface area (Å²) in [6.07, 6.45) is 1.51. The van der Waals surface area contributed by atoms with Crippen LogP contribution in [0.25, 0.3) is 0 Å². The molecule has 0 aromatic heterocycles. The molecule has 2 N–H and O–H groups in total. The Bertz CT molecular complexity index is 1250. The van der Waals surface area contributed by atoms with E-state index in [4.69, 9.17) is 21.1 Å². The molecule has 2 amide bonds. The van der Waals surface area contributed by atoms with Crippen LogP contribution in [0.2, 0.25) is 5.02 Å². The minimum absolute atomic E-state index is 0.173. The van der Waals surface area contributed by atoms with Gasteiger partial charge in [-0.15, -0.1) is 0 Å². The summed E-state index contributed by atoms with van der Waals surface area (Å²) in [5, 5.41) is 7.46. The maximum Gasteiger partial charge on any atom is 0.271 e. The van der Waals surface area contributed by atoms with Gasteiger partial charge in [-0.1, -0.05) is 23.7 Å². The van der Waals surface area contributed by atoms with E-state index in [-0.39, 0.29) is 18.4 Å². The van der Waals surface area contributed by atoms with Gasteiger partial charge in [-0.2, -0.15) is 5.10 Å². The first-order chi connectivity index (χ1) is 16.8. The summed E-state index contributed by atoms with van der Waals surface area (Å²) in [5.41, 5.74) is 6.49. The molecule has 0 unspecified atom stereocenters. The number of nitrogens with zero attached hydrogens (tertiary/aromatic N) is 1. The highest BCUT2D eigenvalue weighted by Gasteiger charge is 2.15. The van der Waals surface area contributed by atoms with Crippen molar-refractivity contribution in [1.29, 1.82) is 0 Å². The Kier molecular flexibility index (Phi) is 9.50. The van der Waals surface area contributed by atoms with E-state index in [0.29, 0.717) is 34.3 Å². The number of hydrazone groups is 1. The number of hydrogen-bond acceptors (Lipinski definition) is 5. The highest BCUT2D eigenvalue weighted by molar-refractivity contribution is 14.1. The molecule has 0 aliphatic rings. The molecule has 9 heteroatoms. The van der Waals surface area contributed by atoms with Gasteiger partial charge in [-0.25, -0.2) is 5.43 Å². The molecule has 0 heterocycles. The van der Waals surface area contributed by atoms with Gasteiger partial charge in [0.1, 0.15) is 0 Å². The van der Waals surface area contributed by atoms with E-state index in [9.17, 15) is 9.59 Å². The fourth-order valence-corrected chi connectivity index (χ4v) is 4.01. The van der Waals surface area contributed by atoms with E-state index in [2.05, 4.69) is 38.4 Å². The predicted octanol–water partition coefficient (Wildman–Crippen LogP) is 5.74. The van der Waals surface area contributed by atoms with Gasteiger partial charge in [0.25, 0.3) is 11.8 Å². The molecule has 3 aromatic rings. The van der Waals surface area contributed by atoms with Gasteiger partial charge in [0.2, 0.25) is 0 Å². The molecular weight excluding hydrogens is 581 g/mol. The quantitative estimate of drug-likeness (QED) is 0.185. The normalized spacial score (nSPS) is 10.8. The van der Waals surface area contributed by atoms with Crippen LogP contribution in [0.5, 0.6) is 11.5 Å². The number of ether oxygens (including phenoxy) is 2. The first-order valence-electron chi connectivity index (χ1n) is 10.8. The Hall–Kier alpha value is -3.11. The van der Waals surface area contributed by atoms with Crippen molar-refractivity contribution in [2.45, 2.75) is 20.8 Å². The van der Waals surface area contributed by atoms with Crippen LogP contribution in [0.1, 0.15) is 34.0 Å². The van der Waals surface area contributed by atoms with Gasteiger partial charge in [0.05, 0.1) is 16.4 Å². The lowest BCUT2D eigenvalue weighted by atomic mass is 10.1. The second-order valence-electron chi connectivity index (χ2n) is 7.55. The molecule has 7 nitrogen and oxygen atoms in total. The molecule has 0 fully saturated rings. The second kappa shape index (κ2) is 12.6. The average Bonchev–Trinajstić information content (AvgIpc) is 2.82. The highest BCUT2D eigenvalue weighted by atomic mass is 127. The molecule has 3 rings (SSSR count). The Morgan fingerprint density at radius 1 is 1.09 bits per heavy atom. The Morgan fingerprint density at radius 3 is 2.54 bits per heavy atom. The monoisotopic (exact) mass is 605 g/mol. The zero-order valence-corrected chi connectivity index (χ0v) is 22.4. The first-order valence-corrected chi connectivity index (χ1v) is 12.3. The maximum atomic E-state index is 12.5. The summed E-state index contributed by atoms with van der Waals surface area (Å²) >= 11 is 7.96. The predicted molar refractivity (Wildman–Crippen MR) is 147 cm³/mol. The minimum Gasteiger partial charge on any atom is -0.490 e. The van der Waals surface area contributed by atoms with Gasteiger partial charge in [0.15, 0.2) is 18.1 Å². The largest absolute Gasteiger partial charge is 0.490 e. The third kappa shape index (κ3) is 7.43. The molecular formula is C26H25ClIN3O4. The standard InChI is InChI=1S/C26H25ClIN3O4/c1-4-34-23-13-18(14-29-31-26(33)19-8-10-20(27)11-9-19)12-21(28)25(23)35-15-24(32)30-22-7-5-6-16(2)17(22)3/h5-14H,4,15H2,1-3H3,(H,30,32)(H,31,33)/b29-14+. The van der Waals surface area contributed by atoms with Crippen molar-refractivity contribution in [3.8, 4) is 11.5 Å². The third-order valence-corrected chi connectivity index (χ3v) is 6.10. The number of amides is 2.